The number of nitrogens with one attached hydrogen (secondary N) is 1. The Morgan fingerprint density at radius 3 is 2.26 bits per heavy atom. The predicted octanol–water partition coefficient (Wildman–Crippen LogP) is 5.23. The molecule has 3 aromatic rings. The normalized spacial score (nSPS) is 11.6. The number of amides is 2. The molecular weight excluding hydrogens is 427 g/mol. The summed E-state index contributed by atoms with van der Waals surface area (Å²) in [5.41, 5.74) is 3.33. The van der Waals surface area contributed by atoms with Crippen LogP contribution in [0.4, 0.5) is 4.39 Å². The summed E-state index contributed by atoms with van der Waals surface area (Å²) in [4.78, 5) is 28.5. The molecule has 4 nitrogen and oxygen atoms in total. The number of hydrogen-bond acceptors (Lipinski definition) is 2. The van der Waals surface area contributed by atoms with Crippen molar-refractivity contribution in [3.8, 4) is 0 Å². The third-order valence-electron chi connectivity index (χ3n) is 5.87. The fourth-order valence-electron chi connectivity index (χ4n) is 3.86. The van der Waals surface area contributed by atoms with E-state index in [0.29, 0.717) is 18.5 Å². The van der Waals surface area contributed by atoms with Crippen molar-refractivity contribution in [1.29, 1.82) is 0 Å². The van der Waals surface area contributed by atoms with Gasteiger partial charge in [0.25, 0.3) is 0 Å². The first kappa shape index (κ1) is 25.2. The van der Waals surface area contributed by atoms with Gasteiger partial charge in [-0.15, -0.1) is 0 Å². The molecule has 0 saturated heterocycles. The minimum Gasteiger partial charge on any atom is -0.354 e. The predicted molar refractivity (Wildman–Crippen MR) is 134 cm³/mol. The number of benzene rings is 3. The molecule has 0 aliphatic heterocycles. The highest BCUT2D eigenvalue weighted by Gasteiger charge is 2.30. The highest BCUT2D eigenvalue weighted by Crippen LogP contribution is 2.18. The van der Waals surface area contributed by atoms with E-state index >= 15 is 0 Å². The SMILES string of the molecule is CCCCNC(=O)[C@@H](Cc1ccccc1)N(Cc1ccc(C)cc1)C(=O)Cc1ccccc1F. The standard InChI is InChI=1S/C29H33FN2O2/c1-3-4-18-31-29(34)27(19-23-10-6-5-7-11-23)32(21-24-16-14-22(2)15-17-24)28(33)20-25-12-8-9-13-26(25)30/h5-17,27H,3-4,18-21H2,1-2H3,(H,31,34)/t27-/m1/s1. The van der Waals surface area contributed by atoms with E-state index in [1.54, 1.807) is 23.1 Å². The van der Waals surface area contributed by atoms with Crippen LogP contribution in [0.25, 0.3) is 0 Å². The molecule has 2 amide bonds. The van der Waals surface area contributed by atoms with Crippen molar-refractivity contribution in [2.45, 2.75) is 52.1 Å². The summed E-state index contributed by atoms with van der Waals surface area (Å²) in [6.45, 7) is 4.90. The molecule has 1 N–H and O–H groups in total. The van der Waals surface area contributed by atoms with Crippen LogP contribution in [0.2, 0.25) is 0 Å². The van der Waals surface area contributed by atoms with Crippen LogP contribution in [0.15, 0.2) is 78.9 Å². The van der Waals surface area contributed by atoms with Crippen molar-refractivity contribution in [3.63, 3.8) is 0 Å². The second kappa shape index (κ2) is 12.7. The number of unbranched alkanes of at least 4 members (excludes halogenated alkanes) is 1. The van der Waals surface area contributed by atoms with Crippen LogP contribution in [-0.2, 0) is 29.0 Å². The molecule has 0 saturated carbocycles. The molecule has 5 heteroatoms. The lowest BCUT2D eigenvalue weighted by atomic mass is 10.0. The van der Waals surface area contributed by atoms with Crippen LogP contribution < -0.4 is 5.32 Å². The maximum atomic E-state index is 14.3. The highest BCUT2D eigenvalue weighted by molar-refractivity contribution is 5.88. The number of carbonyl (C=O) groups excluding carboxylic acids is 2. The van der Waals surface area contributed by atoms with Gasteiger partial charge in [-0.25, -0.2) is 4.39 Å². The van der Waals surface area contributed by atoms with Crippen LogP contribution in [-0.4, -0.2) is 29.3 Å². The largest absolute Gasteiger partial charge is 0.354 e. The molecule has 1 atom stereocenters. The zero-order chi connectivity index (χ0) is 24.3. The zero-order valence-electron chi connectivity index (χ0n) is 20.0. The summed E-state index contributed by atoms with van der Waals surface area (Å²) >= 11 is 0. The monoisotopic (exact) mass is 460 g/mol. The lowest BCUT2D eigenvalue weighted by molar-refractivity contribution is -0.140. The number of hydrogen-bond donors (Lipinski definition) is 1. The van der Waals surface area contributed by atoms with Gasteiger partial charge in [0, 0.05) is 19.5 Å². The Hall–Kier alpha value is -3.47. The summed E-state index contributed by atoms with van der Waals surface area (Å²) in [6.07, 6.45) is 2.10. The second-order valence-corrected chi connectivity index (χ2v) is 8.63. The Morgan fingerprint density at radius 1 is 0.912 bits per heavy atom. The van der Waals surface area contributed by atoms with Gasteiger partial charge in [-0.3, -0.25) is 9.59 Å². The Kier molecular flexibility index (Phi) is 9.39. The van der Waals surface area contributed by atoms with Crippen molar-refractivity contribution >= 4 is 11.8 Å². The average Bonchev–Trinajstić information content (AvgIpc) is 2.84. The van der Waals surface area contributed by atoms with Gasteiger partial charge in [0.2, 0.25) is 11.8 Å². The Balaban J connectivity index is 1.94. The van der Waals surface area contributed by atoms with Gasteiger partial charge in [-0.2, -0.15) is 0 Å². The molecule has 0 radical (unpaired) electrons. The summed E-state index contributed by atoms with van der Waals surface area (Å²) in [5.74, 6) is -0.887. The van der Waals surface area contributed by atoms with Gasteiger partial charge in [0.15, 0.2) is 0 Å². The summed E-state index contributed by atoms with van der Waals surface area (Å²) in [7, 11) is 0. The summed E-state index contributed by atoms with van der Waals surface area (Å²) in [6, 6.07) is 23.2. The quantitative estimate of drug-likeness (QED) is 0.398. The van der Waals surface area contributed by atoms with Crippen molar-refractivity contribution in [1.82, 2.24) is 10.2 Å². The van der Waals surface area contributed by atoms with Crippen LogP contribution >= 0.6 is 0 Å². The third kappa shape index (κ3) is 7.27. The molecule has 34 heavy (non-hydrogen) atoms. The fraction of sp³-hybridized carbons (Fsp3) is 0.310. The van der Waals surface area contributed by atoms with Gasteiger partial charge in [0.1, 0.15) is 11.9 Å². The van der Waals surface area contributed by atoms with Gasteiger partial charge < -0.3 is 10.2 Å². The van der Waals surface area contributed by atoms with E-state index in [-0.39, 0.29) is 24.8 Å². The smallest absolute Gasteiger partial charge is 0.243 e. The van der Waals surface area contributed by atoms with E-state index in [1.165, 1.54) is 6.07 Å². The van der Waals surface area contributed by atoms with Gasteiger partial charge in [-0.05, 0) is 36.1 Å². The van der Waals surface area contributed by atoms with Crippen molar-refractivity contribution < 1.29 is 14.0 Å². The lowest BCUT2D eigenvalue weighted by Crippen LogP contribution is -2.51. The molecule has 0 heterocycles. The fourth-order valence-corrected chi connectivity index (χ4v) is 3.86. The first-order valence-corrected chi connectivity index (χ1v) is 11.9. The number of rotatable bonds is 11. The van der Waals surface area contributed by atoms with Gasteiger partial charge >= 0.3 is 0 Å². The molecule has 0 aliphatic rings. The molecule has 3 aromatic carbocycles. The van der Waals surface area contributed by atoms with Crippen molar-refractivity contribution in [3.05, 3.63) is 107 Å². The summed E-state index contributed by atoms with van der Waals surface area (Å²) < 4.78 is 14.3. The molecule has 0 unspecified atom stereocenters. The number of carbonyl (C=O) groups is 2. The summed E-state index contributed by atoms with van der Waals surface area (Å²) in [5, 5.41) is 3.00. The minimum absolute atomic E-state index is 0.105. The maximum absolute atomic E-state index is 14.3. The average molecular weight is 461 g/mol. The minimum atomic E-state index is -0.708. The molecule has 3 rings (SSSR count). The molecule has 0 aliphatic carbocycles. The Labute approximate surface area is 201 Å². The van der Waals surface area contributed by atoms with Crippen molar-refractivity contribution in [2.24, 2.45) is 0 Å². The first-order valence-electron chi connectivity index (χ1n) is 11.9. The van der Waals surface area contributed by atoms with E-state index in [1.807, 2.05) is 61.5 Å². The number of aryl methyl sites for hydroxylation is 1. The molecule has 0 fully saturated rings. The Morgan fingerprint density at radius 2 is 1.59 bits per heavy atom. The van der Waals surface area contributed by atoms with Gasteiger partial charge in [0.05, 0.1) is 6.42 Å². The second-order valence-electron chi connectivity index (χ2n) is 8.63. The Bertz CT molecular complexity index is 1070. The molecule has 178 valence electrons. The van der Waals surface area contributed by atoms with E-state index < -0.39 is 11.9 Å². The zero-order valence-corrected chi connectivity index (χ0v) is 20.0. The van der Waals surface area contributed by atoms with Crippen molar-refractivity contribution in [2.75, 3.05) is 6.54 Å². The van der Waals surface area contributed by atoms with Crippen LogP contribution in [0.1, 0.15) is 42.0 Å². The van der Waals surface area contributed by atoms with Crippen LogP contribution in [0.5, 0.6) is 0 Å². The number of nitrogens with zero attached hydrogens (tertiary/aromatic N) is 1. The molecule has 0 spiro atoms. The van der Waals surface area contributed by atoms with Crippen LogP contribution in [0, 0.1) is 12.7 Å². The maximum Gasteiger partial charge on any atom is 0.243 e. The van der Waals surface area contributed by atoms with E-state index in [2.05, 4.69) is 12.2 Å². The van der Waals surface area contributed by atoms with E-state index in [4.69, 9.17) is 0 Å². The molecular formula is C29H33FN2O2. The molecule has 0 aromatic heterocycles. The number of halogens is 1. The third-order valence-corrected chi connectivity index (χ3v) is 5.87. The van der Waals surface area contributed by atoms with E-state index in [0.717, 1.165) is 29.5 Å². The van der Waals surface area contributed by atoms with Gasteiger partial charge in [-0.1, -0.05) is 91.7 Å². The van der Waals surface area contributed by atoms with E-state index in [9.17, 15) is 14.0 Å². The first-order chi connectivity index (χ1) is 16.5. The topological polar surface area (TPSA) is 49.4 Å². The molecule has 0 bridgehead atoms. The van der Waals surface area contributed by atoms with Crippen LogP contribution in [0.3, 0.4) is 0 Å². The lowest BCUT2D eigenvalue weighted by Gasteiger charge is -2.32. The highest BCUT2D eigenvalue weighted by atomic mass is 19.1.